The van der Waals surface area contributed by atoms with Crippen molar-refractivity contribution in [2.24, 2.45) is 50.2 Å². The van der Waals surface area contributed by atoms with Crippen molar-refractivity contribution in [1.82, 2.24) is 0 Å². The molecule has 3 saturated heterocycles. The minimum atomic E-state index is -2.18. The number of hydrogen-bond donors (Lipinski definition) is 13. The molecule has 0 radical (unpaired) electrons. The lowest BCUT2D eigenvalue weighted by atomic mass is 9.33. The summed E-state index contributed by atoms with van der Waals surface area (Å²) in [4.78, 5) is 39.5. The van der Waals surface area contributed by atoms with E-state index in [1.54, 1.807) is 19.9 Å². The zero-order valence-corrected chi connectivity index (χ0v) is 46.4. The highest BCUT2D eigenvalue weighted by Crippen LogP contribution is 2.76. The van der Waals surface area contributed by atoms with Crippen LogP contribution in [0.5, 0.6) is 0 Å². The second kappa shape index (κ2) is 22.6. The Balaban J connectivity index is 1.12. The summed E-state index contributed by atoms with van der Waals surface area (Å²) in [6, 6.07) is 0. The molecule has 5 aliphatic carbocycles. The lowest BCUT2D eigenvalue weighted by Gasteiger charge is -2.72. The van der Waals surface area contributed by atoms with E-state index in [1.165, 1.54) is 6.92 Å². The van der Waals surface area contributed by atoms with Gasteiger partial charge in [0, 0.05) is 23.3 Å². The van der Waals surface area contributed by atoms with Gasteiger partial charge in [0.25, 0.3) is 0 Å². The summed E-state index contributed by atoms with van der Waals surface area (Å²) in [7, 11) is 0. The standard InChI is InChI=1S/C55H86O24/c1-10-23(2)46(71)79-43-44(72-24(3)60)55(22-59)26(17-50(43,4)5)25-11-12-30-51(6)15-14-32(52(7,21-58)29(51)13-16-53(30,8)54(25,9)18-31(55)61)75-49-41(77-48-38(67)36(65)34(63)28(20-57)74-48)39(68)40(42(78-49)45(69)70)76-47-37(66)35(64)33(62)27(19-56)73-47/h10-11,26-44,47-49,56-59,61-68H,12-22H2,1-9H3,(H,69,70)/t26?,27-,28-,29?,30?,31-,32?,33-,34-,35+,36+,37-,38-,39+,40+,41-,42+,43?,44+,47+,48-,49-,51?,52-,53?,54-,55?/m1/s1. The Bertz CT molecular complexity index is 2290. The fraction of sp³-hybridized carbons (Fsp3) is 0.873. The highest BCUT2D eigenvalue weighted by Gasteiger charge is 2.74. The van der Waals surface area contributed by atoms with E-state index < -0.39 is 199 Å². The zero-order valence-electron chi connectivity index (χ0n) is 46.4. The van der Waals surface area contributed by atoms with Crippen LogP contribution in [0.2, 0.25) is 0 Å². The summed E-state index contributed by atoms with van der Waals surface area (Å²) in [5, 5.41) is 143. The minimum absolute atomic E-state index is 0.0849. The number of ether oxygens (including phenoxy) is 8. The molecule has 450 valence electrons. The number of carboxylic acid groups (broad SMARTS) is 1. The van der Waals surface area contributed by atoms with Crippen molar-refractivity contribution in [1.29, 1.82) is 0 Å². The first-order chi connectivity index (χ1) is 36.9. The van der Waals surface area contributed by atoms with Gasteiger partial charge in [-0.05, 0) is 92.8 Å². The van der Waals surface area contributed by atoms with Crippen LogP contribution in [0.4, 0.5) is 0 Å². The van der Waals surface area contributed by atoms with Gasteiger partial charge in [-0.15, -0.1) is 0 Å². The van der Waals surface area contributed by atoms with Crippen molar-refractivity contribution >= 4 is 17.9 Å². The molecule has 0 aromatic carbocycles. The molecule has 24 heteroatoms. The smallest absolute Gasteiger partial charge is 0.335 e. The van der Waals surface area contributed by atoms with Gasteiger partial charge in [-0.1, -0.05) is 59.3 Å². The van der Waals surface area contributed by atoms with Crippen molar-refractivity contribution < 1.29 is 119 Å². The number of aliphatic hydroxyl groups excluding tert-OH is 12. The fourth-order valence-corrected chi connectivity index (χ4v) is 16.2. The molecule has 3 aliphatic heterocycles. The van der Waals surface area contributed by atoms with Gasteiger partial charge in [0.1, 0.15) is 79.4 Å². The molecule has 8 aliphatic rings. The largest absolute Gasteiger partial charge is 0.479 e. The molecule has 3 heterocycles. The molecule has 8 rings (SSSR count). The number of allylic oxidation sites excluding steroid dienone is 3. The second-order valence-electron chi connectivity index (χ2n) is 25.5. The molecule has 0 amide bonds. The first-order valence-electron chi connectivity index (χ1n) is 27.7. The third-order valence-electron chi connectivity index (χ3n) is 21.1. The van der Waals surface area contributed by atoms with Crippen LogP contribution in [0, 0.1) is 50.2 Å². The Morgan fingerprint density at radius 1 is 0.658 bits per heavy atom. The van der Waals surface area contributed by atoms with E-state index in [2.05, 4.69) is 26.8 Å². The summed E-state index contributed by atoms with van der Waals surface area (Å²) in [6.07, 6.45) is -26.5. The Morgan fingerprint density at radius 2 is 1.24 bits per heavy atom. The van der Waals surface area contributed by atoms with E-state index in [1.807, 2.05) is 20.8 Å². The van der Waals surface area contributed by atoms with Gasteiger partial charge < -0.3 is 104 Å². The van der Waals surface area contributed by atoms with Crippen LogP contribution in [0.25, 0.3) is 0 Å². The molecule has 8 unspecified atom stereocenters. The molecule has 0 aromatic heterocycles. The van der Waals surface area contributed by atoms with Crippen molar-refractivity contribution in [2.45, 2.75) is 224 Å². The number of aliphatic hydroxyl groups is 12. The maximum Gasteiger partial charge on any atom is 0.335 e. The van der Waals surface area contributed by atoms with Gasteiger partial charge in [-0.3, -0.25) is 4.79 Å². The summed E-state index contributed by atoms with van der Waals surface area (Å²) in [6.45, 7) is 14.1. The van der Waals surface area contributed by atoms with Crippen LogP contribution < -0.4 is 0 Å². The average molecular weight is 1130 g/mol. The highest BCUT2D eigenvalue weighted by atomic mass is 16.8. The SMILES string of the molecule is CC=C(C)C(=O)OC1[C@H](OC(C)=O)C2(CO)C(CC1(C)C)C1=CCC3C4(C)CCC(O[C@@H]5O[C@H](C(=O)O)[C@@H](O[C@@H]6O[C@H](CO)[C@@H](O)[C@H](O)[C@H]6O)[C@H](O)[C@H]5O[C@H]5O[C@H](CO)[C@@H](O)[C@H](O)[C@H]5O)[C@](C)(CO)C4CCC3(C)[C@]1(C)C[C@H]2O. The summed E-state index contributed by atoms with van der Waals surface area (Å²) in [5.74, 6) is -3.88. The predicted octanol–water partition coefficient (Wildman–Crippen LogP) is -1.32. The van der Waals surface area contributed by atoms with E-state index >= 15 is 0 Å². The van der Waals surface area contributed by atoms with Gasteiger partial charge in [0.15, 0.2) is 25.0 Å². The molecule has 27 atom stereocenters. The maximum absolute atomic E-state index is 13.4. The van der Waals surface area contributed by atoms with Gasteiger partial charge >= 0.3 is 17.9 Å². The number of hydrogen-bond acceptors (Lipinski definition) is 23. The Hall–Kier alpha value is -2.83. The normalized spacial score (nSPS) is 50.6. The van der Waals surface area contributed by atoms with Gasteiger partial charge in [-0.2, -0.15) is 0 Å². The lowest BCUT2D eigenvalue weighted by molar-refractivity contribution is -0.392. The molecular formula is C55H86O24. The van der Waals surface area contributed by atoms with Crippen LogP contribution in [0.1, 0.15) is 107 Å². The molecule has 0 spiro atoms. The highest BCUT2D eigenvalue weighted by molar-refractivity contribution is 5.87. The molecule has 79 heavy (non-hydrogen) atoms. The Labute approximate surface area is 459 Å². The summed E-state index contributed by atoms with van der Waals surface area (Å²) >= 11 is 0. The van der Waals surface area contributed by atoms with Crippen molar-refractivity contribution in [2.75, 3.05) is 26.4 Å². The topological polar surface area (TPSA) is 388 Å². The summed E-state index contributed by atoms with van der Waals surface area (Å²) < 4.78 is 48.2. The number of fused-ring (bicyclic) bond motifs is 7. The third-order valence-corrected chi connectivity index (χ3v) is 21.1. The summed E-state index contributed by atoms with van der Waals surface area (Å²) in [5.41, 5.74) is -3.78. The van der Waals surface area contributed by atoms with Crippen molar-refractivity contribution in [3.8, 4) is 0 Å². The van der Waals surface area contributed by atoms with E-state index in [-0.39, 0.29) is 24.7 Å². The molecular weight excluding hydrogens is 1040 g/mol. The molecule has 13 N–H and O–H groups in total. The average Bonchev–Trinajstić information content (AvgIpc) is 3.25. The maximum atomic E-state index is 13.4. The Kier molecular flexibility index (Phi) is 17.8. The number of aliphatic carboxylic acids is 1. The first-order valence-corrected chi connectivity index (χ1v) is 27.7. The van der Waals surface area contributed by atoms with E-state index in [0.717, 1.165) is 5.57 Å². The van der Waals surface area contributed by atoms with E-state index in [4.69, 9.17) is 37.9 Å². The van der Waals surface area contributed by atoms with E-state index in [9.17, 15) is 80.8 Å². The quantitative estimate of drug-likeness (QED) is 0.0415. The second-order valence-corrected chi connectivity index (χ2v) is 25.5. The molecule has 4 saturated carbocycles. The number of rotatable bonds is 14. The first kappa shape index (κ1) is 62.2. The van der Waals surface area contributed by atoms with Crippen molar-refractivity contribution in [3.05, 3.63) is 23.3 Å². The molecule has 7 fully saturated rings. The van der Waals surface area contributed by atoms with Crippen LogP contribution in [0.15, 0.2) is 23.3 Å². The van der Waals surface area contributed by atoms with Crippen LogP contribution in [0.3, 0.4) is 0 Å². The minimum Gasteiger partial charge on any atom is -0.479 e. The van der Waals surface area contributed by atoms with Crippen LogP contribution >= 0.6 is 0 Å². The lowest BCUT2D eigenvalue weighted by Crippen LogP contribution is -2.72. The van der Waals surface area contributed by atoms with Gasteiger partial charge in [0.05, 0.1) is 44.1 Å². The molecule has 0 bridgehead atoms. The number of carboxylic acids is 1. The van der Waals surface area contributed by atoms with Gasteiger partial charge in [0.2, 0.25) is 0 Å². The monoisotopic (exact) mass is 1130 g/mol. The van der Waals surface area contributed by atoms with Crippen LogP contribution in [-0.2, 0) is 52.3 Å². The number of carbonyl (C=O) groups is 3. The third kappa shape index (κ3) is 9.94. The number of esters is 2. The molecule has 24 nitrogen and oxygen atoms in total. The fourth-order valence-electron chi connectivity index (χ4n) is 16.2. The Morgan fingerprint density at radius 3 is 1.76 bits per heavy atom. The van der Waals surface area contributed by atoms with Crippen LogP contribution in [-0.4, -0.2) is 227 Å². The van der Waals surface area contributed by atoms with Gasteiger partial charge in [-0.25, -0.2) is 9.59 Å². The predicted molar refractivity (Wildman–Crippen MR) is 269 cm³/mol. The number of carbonyl (C=O) groups excluding carboxylic acids is 2. The van der Waals surface area contributed by atoms with Crippen molar-refractivity contribution in [3.63, 3.8) is 0 Å². The van der Waals surface area contributed by atoms with E-state index in [0.29, 0.717) is 37.7 Å². The molecule has 0 aromatic rings. The zero-order chi connectivity index (χ0) is 58.4.